The first kappa shape index (κ1) is 15.0. The van der Waals surface area contributed by atoms with Crippen LogP contribution in [0.1, 0.15) is 28.4 Å². The minimum Gasteiger partial charge on any atom is -0.478 e. The second kappa shape index (κ2) is 6.04. The van der Waals surface area contributed by atoms with Crippen LogP contribution in [0.5, 0.6) is 0 Å². The van der Waals surface area contributed by atoms with E-state index in [2.05, 4.69) is 28.3 Å². The van der Waals surface area contributed by atoms with E-state index in [1.807, 2.05) is 19.1 Å². The summed E-state index contributed by atoms with van der Waals surface area (Å²) in [5.74, 6) is -0.432. The van der Waals surface area contributed by atoms with Crippen LogP contribution in [-0.4, -0.2) is 21.0 Å². The molecule has 1 aromatic heterocycles. The van der Waals surface area contributed by atoms with Crippen molar-refractivity contribution in [2.45, 2.75) is 20.3 Å². The van der Waals surface area contributed by atoms with Crippen LogP contribution in [0.4, 0.5) is 11.6 Å². The molecule has 0 saturated heterocycles. The van der Waals surface area contributed by atoms with Crippen molar-refractivity contribution in [3.8, 4) is 0 Å². The van der Waals surface area contributed by atoms with Crippen LogP contribution in [0.25, 0.3) is 10.9 Å². The minimum absolute atomic E-state index is 0.265. The van der Waals surface area contributed by atoms with E-state index >= 15 is 0 Å². The molecule has 0 atom stereocenters. The molecule has 0 unspecified atom stereocenters. The zero-order valence-electron chi connectivity index (χ0n) is 13.0. The predicted molar refractivity (Wildman–Crippen MR) is 90.3 cm³/mol. The van der Waals surface area contributed by atoms with Gasteiger partial charge in [-0.05, 0) is 42.7 Å². The molecular weight excluding hydrogens is 290 g/mol. The van der Waals surface area contributed by atoms with Gasteiger partial charge in [-0.2, -0.15) is 0 Å². The summed E-state index contributed by atoms with van der Waals surface area (Å²) < 4.78 is 0. The summed E-state index contributed by atoms with van der Waals surface area (Å²) in [4.78, 5) is 19.9. The van der Waals surface area contributed by atoms with Crippen LogP contribution < -0.4 is 5.32 Å². The van der Waals surface area contributed by atoms with Crippen molar-refractivity contribution in [3.05, 3.63) is 59.3 Å². The topological polar surface area (TPSA) is 75.1 Å². The average Bonchev–Trinajstić information content (AvgIpc) is 2.56. The number of rotatable bonds is 4. The molecule has 2 N–H and O–H groups in total. The molecule has 5 nitrogen and oxygen atoms in total. The Balaban J connectivity index is 1.97. The van der Waals surface area contributed by atoms with E-state index in [9.17, 15) is 4.79 Å². The average molecular weight is 307 g/mol. The van der Waals surface area contributed by atoms with Crippen molar-refractivity contribution in [3.63, 3.8) is 0 Å². The first-order valence-corrected chi connectivity index (χ1v) is 7.44. The van der Waals surface area contributed by atoms with Gasteiger partial charge in [0.25, 0.3) is 0 Å². The number of aromatic nitrogens is 2. The van der Waals surface area contributed by atoms with E-state index in [0.717, 1.165) is 28.6 Å². The highest BCUT2D eigenvalue weighted by molar-refractivity contribution is 5.88. The summed E-state index contributed by atoms with van der Waals surface area (Å²) in [6, 6.07) is 11.0. The van der Waals surface area contributed by atoms with E-state index in [0.29, 0.717) is 5.95 Å². The van der Waals surface area contributed by atoms with Gasteiger partial charge in [0.2, 0.25) is 5.95 Å². The Labute approximate surface area is 134 Å². The lowest BCUT2D eigenvalue weighted by Gasteiger charge is -2.10. The third-order valence-corrected chi connectivity index (χ3v) is 3.80. The number of aromatic carboxylic acids is 1. The van der Waals surface area contributed by atoms with Gasteiger partial charge in [0.05, 0.1) is 11.1 Å². The normalized spacial score (nSPS) is 10.7. The number of anilines is 2. The number of benzene rings is 2. The van der Waals surface area contributed by atoms with E-state index in [4.69, 9.17) is 5.11 Å². The third kappa shape index (κ3) is 2.99. The maximum atomic E-state index is 11.0. The highest BCUT2D eigenvalue weighted by atomic mass is 16.4. The summed E-state index contributed by atoms with van der Waals surface area (Å²) >= 11 is 0. The van der Waals surface area contributed by atoms with Gasteiger partial charge in [0.1, 0.15) is 0 Å². The fraction of sp³-hybridized carbons (Fsp3) is 0.167. The van der Waals surface area contributed by atoms with Crippen LogP contribution in [-0.2, 0) is 6.42 Å². The molecule has 0 saturated carbocycles. The van der Waals surface area contributed by atoms with Crippen molar-refractivity contribution < 1.29 is 9.90 Å². The quantitative estimate of drug-likeness (QED) is 0.763. The van der Waals surface area contributed by atoms with Gasteiger partial charge in [0, 0.05) is 17.3 Å². The molecule has 0 aliphatic carbocycles. The second-order valence-electron chi connectivity index (χ2n) is 5.36. The van der Waals surface area contributed by atoms with Gasteiger partial charge in [-0.3, -0.25) is 0 Å². The smallest absolute Gasteiger partial charge is 0.335 e. The number of carboxylic acid groups (broad SMARTS) is 1. The molecule has 3 rings (SSSR count). The molecule has 23 heavy (non-hydrogen) atoms. The van der Waals surface area contributed by atoms with Crippen molar-refractivity contribution in [2.75, 3.05) is 5.32 Å². The number of carboxylic acids is 1. The Morgan fingerprint density at radius 3 is 2.78 bits per heavy atom. The van der Waals surface area contributed by atoms with Crippen LogP contribution in [0.15, 0.2) is 42.6 Å². The van der Waals surface area contributed by atoms with E-state index < -0.39 is 5.97 Å². The zero-order valence-corrected chi connectivity index (χ0v) is 13.0. The zero-order chi connectivity index (χ0) is 16.4. The maximum Gasteiger partial charge on any atom is 0.335 e. The fourth-order valence-corrected chi connectivity index (χ4v) is 2.52. The lowest BCUT2D eigenvalue weighted by atomic mass is 10.1. The molecular formula is C18H17N3O2. The molecule has 0 aliphatic rings. The van der Waals surface area contributed by atoms with Crippen LogP contribution in [0.2, 0.25) is 0 Å². The van der Waals surface area contributed by atoms with Gasteiger partial charge in [-0.1, -0.05) is 25.1 Å². The second-order valence-corrected chi connectivity index (χ2v) is 5.36. The van der Waals surface area contributed by atoms with Crippen molar-refractivity contribution >= 4 is 28.5 Å². The molecule has 1 heterocycles. The van der Waals surface area contributed by atoms with E-state index in [-0.39, 0.29) is 5.56 Å². The fourth-order valence-electron chi connectivity index (χ4n) is 2.52. The number of para-hydroxylation sites is 1. The number of fused-ring (bicyclic) bond motifs is 1. The maximum absolute atomic E-state index is 11.0. The summed E-state index contributed by atoms with van der Waals surface area (Å²) in [5.41, 5.74) is 4.00. The Bertz CT molecular complexity index is 891. The third-order valence-electron chi connectivity index (χ3n) is 3.80. The number of hydrogen-bond acceptors (Lipinski definition) is 4. The largest absolute Gasteiger partial charge is 0.478 e. The molecule has 116 valence electrons. The first-order chi connectivity index (χ1) is 11.1. The number of hydrogen-bond donors (Lipinski definition) is 2. The molecule has 2 aromatic carbocycles. The summed E-state index contributed by atoms with van der Waals surface area (Å²) in [6.45, 7) is 3.95. The molecule has 0 fully saturated rings. The number of aryl methyl sites for hydroxylation is 2. The van der Waals surface area contributed by atoms with Crippen LogP contribution >= 0.6 is 0 Å². The van der Waals surface area contributed by atoms with Crippen LogP contribution in [0.3, 0.4) is 0 Å². The minimum atomic E-state index is -0.936. The molecule has 3 aromatic rings. The van der Waals surface area contributed by atoms with Gasteiger partial charge in [0.15, 0.2) is 0 Å². The predicted octanol–water partition coefficient (Wildman–Crippen LogP) is 3.94. The molecule has 0 radical (unpaired) electrons. The van der Waals surface area contributed by atoms with Gasteiger partial charge >= 0.3 is 5.97 Å². The van der Waals surface area contributed by atoms with Crippen molar-refractivity contribution in [2.24, 2.45) is 0 Å². The Morgan fingerprint density at radius 1 is 1.26 bits per heavy atom. The molecule has 0 amide bonds. The van der Waals surface area contributed by atoms with Gasteiger partial charge in [-0.25, -0.2) is 14.8 Å². The highest BCUT2D eigenvalue weighted by Crippen LogP contribution is 2.22. The Hall–Kier alpha value is -2.95. The standard InChI is InChI=1S/C18H17N3O2/c1-3-12-5-4-6-14-10-19-18(21-16(12)14)20-15-8-7-13(17(22)23)9-11(15)2/h4-10H,3H2,1-2H3,(H,22,23)(H,19,20,21). The molecule has 0 aliphatic heterocycles. The molecule has 5 heteroatoms. The number of nitrogens with one attached hydrogen (secondary N) is 1. The Kier molecular flexibility index (Phi) is 3.93. The summed E-state index contributed by atoms with van der Waals surface area (Å²) in [7, 11) is 0. The van der Waals surface area contributed by atoms with Crippen LogP contribution in [0, 0.1) is 6.92 Å². The van der Waals surface area contributed by atoms with Gasteiger partial charge in [-0.15, -0.1) is 0 Å². The molecule has 0 bridgehead atoms. The van der Waals surface area contributed by atoms with E-state index in [1.54, 1.807) is 24.4 Å². The van der Waals surface area contributed by atoms with E-state index in [1.165, 1.54) is 5.56 Å². The monoisotopic (exact) mass is 307 g/mol. The lowest BCUT2D eigenvalue weighted by molar-refractivity contribution is 0.0697. The first-order valence-electron chi connectivity index (χ1n) is 7.44. The number of nitrogens with zero attached hydrogens (tertiary/aromatic N) is 2. The summed E-state index contributed by atoms with van der Waals surface area (Å²) in [6.07, 6.45) is 2.70. The summed E-state index contributed by atoms with van der Waals surface area (Å²) in [5, 5.41) is 13.2. The van der Waals surface area contributed by atoms with Gasteiger partial charge < -0.3 is 10.4 Å². The SMILES string of the molecule is CCc1cccc2cnc(Nc3ccc(C(=O)O)cc3C)nc12. The number of carbonyl (C=O) groups is 1. The highest BCUT2D eigenvalue weighted by Gasteiger charge is 2.08. The van der Waals surface area contributed by atoms with Crippen molar-refractivity contribution in [1.29, 1.82) is 0 Å². The van der Waals surface area contributed by atoms with Crippen molar-refractivity contribution in [1.82, 2.24) is 9.97 Å². The molecule has 0 spiro atoms. The lowest BCUT2D eigenvalue weighted by Crippen LogP contribution is -2.02. The Morgan fingerprint density at radius 2 is 2.09 bits per heavy atom.